The lowest BCUT2D eigenvalue weighted by Crippen LogP contribution is -2.51. The topological polar surface area (TPSA) is 151 Å². The molecule has 1 fully saturated rings. The molecule has 0 bridgehead atoms. The summed E-state index contributed by atoms with van der Waals surface area (Å²) in [6, 6.07) is 14.8. The van der Waals surface area contributed by atoms with Crippen molar-refractivity contribution in [3.63, 3.8) is 0 Å². The summed E-state index contributed by atoms with van der Waals surface area (Å²) >= 11 is 7.10. The summed E-state index contributed by atoms with van der Waals surface area (Å²) in [5.74, 6) is -1.37. The van der Waals surface area contributed by atoms with Crippen molar-refractivity contribution in [2.24, 2.45) is 0 Å². The molecule has 0 amide bonds. The molecule has 15 heteroatoms. The Kier molecular flexibility index (Phi) is 10.6. The largest absolute Gasteiger partial charge is 0.481 e. The molecule has 0 unspecified atom stereocenters. The quantitative estimate of drug-likeness (QED) is 0.0965. The first-order valence-electron chi connectivity index (χ1n) is 17.2. The number of carbonyl (C=O) groups is 1. The fraction of sp³-hybridized carbons (Fsp3) is 0.421. The molecule has 0 radical (unpaired) electrons. The molecule has 53 heavy (non-hydrogen) atoms. The smallest absolute Gasteiger partial charge is 0.437 e. The summed E-state index contributed by atoms with van der Waals surface area (Å²) in [7, 11) is 2.83. The molecule has 2 aliphatic rings. The molecule has 2 aliphatic carbocycles. The Morgan fingerprint density at radius 2 is 1.64 bits per heavy atom. The van der Waals surface area contributed by atoms with Crippen LogP contribution in [0.15, 0.2) is 48.5 Å². The molecule has 2 heterocycles. The maximum atomic E-state index is 14.4. The average Bonchev–Trinajstić information content (AvgIpc) is 3.51. The van der Waals surface area contributed by atoms with E-state index in [1.807, 2.05) is 55.5 Å². The van der Waals surface area contributed by atoms with Gasteiger partial charge < -0.3 is 30.3 Å². The minimum absolute atomic E-state index is 0.160. The summed E-state index contributed by atoms with van der Waals surface area (Å²) in [4.78, 5) is 24.3. The highest BCUT2D eigenvalue weighted by Gasteiger charge is 2.40. The Balaban J connectivity index is 1.27. The first-order chi connectivity index (χ1) is 25.0. The SMILES string of the molecule is COc1nc(-c2cccc(-c3cccc4c3CC[C@@H]4Nc3nc(OC)c(CNC(C)(C)C(=O)O)nc3C(F)(F)F)c2Cl)ccc1CNC1CC(C)(O)C1. The van der Waals surface area contributed by atoms with E-state index >= 15 is 0 Å². The zero-order chi connectivity index (χ0) is 38.3. The number of ether oxygens (including phenoxy) is 2. The van der Waals surface area contributed by atoms with Crippen LogP contribution in [-0.2, 0) is 30.5 Å². The van der Waals surface area contributed by atoms with Gasteiger partial charge in [-0.25, -0.2) is 9.97 Å². The number of aliphatic hydroxyl groups is 1. The molecule has 0 saturated heterocycles. The van der Waals surface area contributed by atoms with Crippen LogP contribution in [0.2, 0.25) is 5.02 Å². The van der Waals surface area contributed by atoms with Gasteiger partial charge in [0.1, 0.15) is 11.2 Å². The fourth-order valence-corrected chi connectivity index (χ4v) is 7.23. The van der Waals surface area contributed by atoms with E-state index in [1.54, 1.807) is 7.11 Å². The van der Waals surface area contributed by atoms with Crippen LogP contribution in [0.25, 0.3) is 22.4 Å². The average molecular weight is 755 g/mol. The number of fused-ring (bicyclic) bond motifs is 1. The van der Waals surface area contributed by atoms with Crippen LogP contribution in [-0.4, -0.2) is 62.5 Å². The number of nitrogens with one attached hydrogen (secondary N) is 3. The maximum absolute atomic E-state index is 14.4. The summed E-state index contributed by atoms with van der Waals surface area (Å²) in [6.07, 6.45) is -2.45. The summed E-state index contributed by atoms with van der Waals surface area (Å²) < 4.78 is 54.1. The molecule has 2 aromatic carbocycles. The molecule has 2 aromatic heterocycles. The lowest BCUT2D eigenvalue weighted by atomic mass is 9.77. The van der Waals surface area contributed by atoms with Crippen molar-refractivity contribution in [3.8, 4) is 34.1 Å². The number of nitrogens with zero attached hydrogens (tertiary/aromatic N) is 3. The number of aliphatic carboxylic acids is 1. The number of pyridine rings is 1. The summed E-state index contributed by atoms with van der Waals surface area (Å²) in [5.41, 5.74) is 2.07. The lowest BCUT2D eigenvalue weighted by molar-refractivity contribution is -0.144. The van der Waals surface area contributed by atoms with Gasteiger partial charge in [-0.05, 0) is 69.2 Å². The third-order valence-electron chi connectivity index (χ3n) is 9.86. The Hall–Kier alpha value is -4.50. The molecule has 282 valence electrons. The maximum Gasteiger partial charge on any atom is 0.437 e. The number of hydrogen-bond donors (Lipinski definition) is 5. The Morgan fingerprint density at radius 1 is 0.962 bits per heavy atom. The number of rotatable bonds is 13. The van der Waals surface area contributed by atoms with Crippen molar-refractivity contribution in [2.45, 2.75) is 88.9 Å². The highest BCUT2D eigenvalue weighted by Crippen LogP contribution is 2.45. The van der Waals surface area contributed by atoms with Gasteiger partial charge in [0, 0.05) is 35.8 Å². The van der Waals surface area contributed by atoms with Gasteiger partial charge in [-0.1, -0.05) is 54.1 Å². The van der Waals surface area contributed by atoms with Crippen LogP contribution in [0.3, 0.4) is 0 Å². The van der Waals surface area contributed by atoms with Crippen LogP contribution >= 0.6 is 11.6 Å². The molecule has 1 saturated carbocycles. The predicted octanol–water partition coefficient (Wildman–Crippen LogP) is 6.95. The third kappa shape index (κ3) is 8.05. The van der Waals surface area contributed by atoms with E-state index in [4.69, 9.17) is 26.1 Å². The van der Waals surface area contributed by atoms with E-state index in [2.05, 4.69) is 25.9 Å². The number of aromatic nitrogens is 3. The zero-order valence-corrected chi connectivity index (χ0v) is 30.7. The monoisotopic (exact) mass is 754 g/mol. The van der Waals surface area contributed by atoms with Crippen LogP contribution < -0.4 is 25.4 Å². The van der Waals surface area contributed by atoms with Crippen molar-refractivity contribution >= 4 is 23.4 Å². The Bertz CT molecular complexity index is 2020. The van der Waals surface area contributed by atoms with Crippen LogP contribution in [0.1, 0.15) is 74.2 Å². The minimum Gasteiger partial charge on any atom is -0.481 e. The normalized spacial score (nSPS) is 19.7. The summed E-state index contributed by atoms with van der Waals surface area (Å²) in [5, 5.41) is 29.1. The number of methoxy groups -OCH3 is 2. The predicted molar refractivity (Wildman–Crippen MR) is 194 cm³/mol. The highest BCUT2D eigenvalue weighted by molar-refractivity contribution is 6.36. The van der Waals surface area contributed by atoms with E-state index < -0.39 is 40.8 Å². The molecule has 6 rings (SSSR count). The van der Waals surface area contributed by atoms with Crippen molar-refractivity contribution < 1.29 is 37.7 Å². The molecule has 1 atom stereocenters. The number of hydrogen-bond acceptors (Lipinski definition) is 10. The standard InChI is InChI=1S/C38H42ClF3N6O5/c1-36(2,35(49)50)44-19-29-34(53-5)48-32(31(45-29)38(40,41)42)46-27-15-13-23-22(8-6-9-24(23)27)25-10-7-11-26(30(25)39)28-14-12-20(33(47-28)52-4)18-43-21-16-37(3,51)17-21/h6-12,14,21,27,43-44,51H,13,15-19H2,1-5H3,(H,46,48)(H,49,50)/t21?,27-,37?/m0/s1. The fourth-order valence-electron chi connectivity index (χ4n) is 6.90. The second kappa shape index (κ2) is 14.7. The zero-order valence-electron chi connectivity index (χ0n) is 30.0. The van der Waals surface area contributed by atoms with Crippen molar-refractivity contribution in [3.05, 3.63) is 81.6 Å². The first-order valence-corrected chi connectivity index (χ1v) is 17.6. The van der Waals surface area contributed by atoms with Crippen LogP contribution in [0.4, 0.5) is 19.0 Å². The van der Waals surface area contributed by atoms with E-state index in [0.29, 0.717) is 54.4 Å². The summed E-state index contributed by atoms with van der Waals surface area (Å²) in [6.45, 7) is 4.82. The number of carboxylic acids is 1. The van der Waals surface area contributed by atoms with Crippen LogP contribution in [0.5, 0.6) is 11.8 Å². The number of alkyl halides is 3. The van der Waals surface area contributed by atoms with Gasteiger partial charge in [0.2, 0.25) is 11.8 Å². The van der Waals surface area contributed by atoms with Crippen molar-refractivity contribution in [2.75, 3.05) is 19.5 Å². The number of benzene rings is 2. The van der Waals surface area contributed by atoms with E-state index in [9.17, 15) is 28.2 Å². The minimum atomic E-state index is -4.86. The molecule has 0 spiro atoms. The van der Waals surface area contributed by atoms with Gasteiger partial charge >= 0.3 is 12.1 Å². The van der Waals surface area contributed by atoms with E-state index in [1.165, 1.54) is 21.0 Å². The van der Waals surface area contributed by atoms with Crippen molar-refractivity contribution in [1.29, 1.82) is 0 Å². The van der Waals surface area contributed by atoms with E-state index in [0.717, 1.165) is 27.8 Å². The Morgan fingerprint density at radius 3 is 2.30 bits per heavy atom. The third-order valence-corrected chi connectivity index (χ3v) is 10.3. The van der Waals surface area contributed by atoms with Gasteiger partial charge in [0.15, 0.2) is 11.5 Å². The molecular weight excluding hydrogens is 713 g/mol. The second-order valence-corrected chi connectivity index (χ2v) is 14.7. The number of halogens is 4. The van der Waals surface area contributed by atoms with Gasteiger partial charge in [0.05, 0.1) is 36.6 Å². The second-order valence-electron chi connectivity index (χ2n) is 14.3. The number of carboxylic acid groups (broad SMARTS) is 1. The molecule has 5 N–H and O–H groups in total. The molecular formula is C38H42ClF3N6O5. The van der Waals surface area contributed by atoms with Gasteiger partial charge in [-0.2, -0.15) is 18.2 Å². The van der Waals surface area contributed by atoms with Gasteiger partial charge in [-0.3, -0.25) is 10.1 Å². The van der Waals surface area contributed by atoms with Crippen molar-refractivity contribution in [1.82, 2.24) is 25.6 Å². The molecule has 0 aliphatic heterocycles. The lowest BCUT2D eigenvalue weighted by Gasteiger charge is -2.41. The van der Waals surface area contributed by atoms with Crippen LogP contribution in [0, 0.1) is 0 Å². The molecule has 11 nitrogen and oxygen atoms in total. The van der Waals surface area contributed by atoms with Gasteiger partial charge in [-0.15, -0.1) is 0 Å². The molecule has 4 aromatic rings. The first kappa shape index (κ1) is 38.2. The number of anilines is 1. The Labute approximate surface area is 310 Å². The van der Waals surface area contributed by atoms with E-state index in [-0.39, 0.29) is 24.2 Å². The highest BCUT2D eigenvalue weighted by atomic mass is 35.5. The van der Waals surface area contributed by atoms with Gasteiger partial charge in [0.25, 0.3) is 0 Å².